The topological polar surface area (TPSA) is 61.2 Å². The van der Waals surface area contributed by atoms with Crippen LogP contribution in [0.25, 0.3) is 0 Å². The summed E-state index contributed by atoms with van der Waals surface area (Å²) in [5, 5.41) is 8.39. The molecule has 0 bridgehead atoms. The quantitative estimate of drug-likeness (QED) is 0.423. The molecule has 0 atom stereocenters. The second kappa shape index (κ2) is 11.3. The minimum Gasteiger partial charge on any atom is -0.300 e. The predicted molar refractivity (Wildman–Crippen MR) is 119 cm³/mol. The van der Waals surface area contributed by atoms with Crippen molar-refractivity contribution >= 4 is 17.5 Å². The number of benzene rings is 1. The van der Waals surface area contributed by atoms with E-state index in [4.69, 9.17) is 5.41 Å². The van der Waals surface area contributed by atoms with Crippen molar-refractivity contribution < 1.29 is 9.59 Å². The van der Waals surface area contributed by atoms with E-state index >= 15 is 0 Å². The van der Waals surface area contributed by atoms with Crippen molar-refractivity contribution in [2.75, 3.05) is 6.54 Å². The highest BCUT2D eigenvalue weighted by Gasteiger charge is 2.48. The zero-order valence-corrected chi connectivity index (χ0v) is 18.6. The summed E-state index contributed by atoms with van der Waals surface area (Å²) in [6.45, 7) is 6.93. The lowest BCUT2D eigenvalue weighted by Crippen LogP contribution is -2.36. The fourth-order valence-electron chi connectivity index (χ4n) is 4.41. The van der Waals surface area contributed by atoms with Crippen molar-refractivity contribution in [3.8, 4) is 0 Å². The average molecular weight is 399 g/mol. The summed E-state index contributed by atoms with van der Waals surface area (Å²) in [7, 11) is 0. The smallest absolute Gasteiger partial charge is 0.234 e. The number of rotatable bonds is 13. The standard InChI is InChI=1S/C25H38N2O2/c1-4-6-14-25(15-7-5-2)19-23(26)27(24(25)29)16-9-8-13-22(28)18-21-12-10-11-20(3)17-21/h10-12,17,26H,4-9,13-16,18-19H2,1-3H3. The van der Waals surface area contributed by atoms with Gasteiger partial charge in [-0.2, -0.15) is 0 Å². The second-order valence-electron chi connectivity index (χ2n) is 8.73. The third kappa shape index (κ3) is 6.52. The van der Waals surface area contributed by atoms with Gasteiger partial charge in [0.1, 0.15) is 11.6 Å². The van der Waals surface area contributed by atoms with Gasteiger partial charge in [-0.15, -0.1) is 0 Å². The van der Waals surface area contributed by atoms with Gasteiger partial charge in [0.2, 0.25) is 5.91 Å². The molecule has 2 rings (SSSR count). The van der Waals surface area contributed by atoms with Crippen LogP contribution in [-0.2, 0) is 16.0 Å². The molecule has 1 fully saturated rings. The van der Waals surface area contributed by atoms with Gasteiger partial charge in [-0.1, -0.05) is 69.4 Å². The lowest BCUT2D eigenvalue weighted by molar-refractivity contribution is -0.135. The largest absolute Gasteiger partial charge is 0.300 e. The minimum absolute atomic E-state index is 0.162. The van der Waals surface area contributed by atoms with Gasteiger partial charge in [0, 0.05) is 25.8 Å². The molecule has 0 aliphatic carbocycles. The highest BCUT2D eigenvalue weighted by Crippen LogP contribution is 2.42. The van der Waals surface area contributed by atoms with Crippen molar-refractivity contribution in [2.45, 2.75) is 91.4 Å². The van der Waals surface area contributed by atoms with Crippen LogP contribution in [0.2, 0.25) is 0 Å². The van der Waals surface area contributed by atoms with Gasteiger partial charge < -0.3 is 4.90 Å². The number of nitrogens with one attached hydrogen (secondary N) is 1. The number of hydrogen-bond acceptors (Lipinski definition) is 3. The Bertz CT molecular complexity index is 703. The number of ketones is 1. The van der Waals surface area contributed by atoms with Gasteiger partial charge in [-0.05, 0) is 38.2 Å². The van der Waals surface area contributed by atoms with Crippen molar-refractivity contribution in [3.05, 3.63) is 35.4 Å². The Hall–Kier alpha value is -1.97. The van der Waals surface area contributed by atoms with E-state index in [2.05, 4.69) is 19.9 Å². The zero-order valence-electron chi connectivity index (χ0n) is 18.6. The van der Waals surface area contributed by atoms with Gasteiger partial charge in [0.15, 0.2) is 0 Å². The van der Waals surface area contributed by atoms with Crippen LogP contribution in [0.1, 0.15) is 89.2 Å². The van der Waals surface area contributed by atoms with Gasteiger partial charge in [-0.3, -0.25) is 15.0 Å². The lowest BCUT2D eigenvalue weighted by Gasteiger charge is -2.27. The van der Waals surface area contributed by atoms with Crippen LogP contribution in [-0.4, -0.2) is 29.0 Å². The Morgan fingerprint density at radius 3 is 2.41 bits per heavy atom. The molecular weight excluding hydrogens is 360 g/mol. The number of carbonyl (C=O) groups is 2. The van der Waals surface area contributed by atoms with E-state index in [1.807, 2.05) is 25.1 Å². The van der Waals surface area contributed by atoms with E-state index in [-0.39, 0.29) is 17.1 Å². The molecule has 0 radical (unpaired) electrons. The molecule has 1 aromatic rings. The zero-order chi connectivity index (χ0) is 21.3. The summed E-state index contributed by atoms with van der Waals surface area (Å²) in [4.78, 5) is 27.1. The van der Waals surface area contributed by atoms with Crippen LogP contribution in [0.5, 0.6) is 0 Å². The van der Waals surface area contributed by atoms with Crippen molar-refractivity contribution in [1.29, 1.82) is 5.41 Å². The molecule has 1 aliphatic rings. The molecular formula is C25H38N2O2. The summed E-state index contributed by atoms with van der Waals surface area (Å²) < 4.78 is 0. The number of amides is 1. The summed E-state index contributed by atoms with van der Waals surface area (Å²) in [6.07, 6.45) is 9.23. The molecule has 0 unspecified atom stereocenters. The monoisotopic (exact) mass is 398 g/mol. The Morgan fingerprint density at radius 2 is 1.79 bits per heavy atom. The summed E-state index contributed by atoms with van der Waals surface area (Å²) in [5.41, 5.74) is 1.91. The molecule has 4 nitrogen and oxygen atoms in total. The van der Waals surface area contributed by atoms with E-state index < -0.39 is 0 Å². The summed E-state index contributed by atoms with van der Waals surface area (Å²) in [5.74, 6) is 0.891. The van der Waals surface area contributed by atoms with Crippen LogP contribution in [0.3, 0.4) is 0 Å². The number of likely N-dealkylation sites (tertiary alicyclic amines) is 1. The number of Topliss-reactive ketones (excluding diaryl/α,β-unsaturated/α-hetero) is 1. The number of aryl methyl sites for hydroxylation is 1. The van der Waals surface area contributed by atoms with Crippen LogP contribution < -0.4 is 0 Å². The van der Waals surface area contributed by atoms with Crippen molar-refractivity contribution in [2.24, 2.45) is 5.41 Å². The molecule has 29 heavy (non-hydrogen) atoms. The number of unbranched alkanes of at least 4 members (excludes halogenated alkanes) is 3. The van der Waals surface area contributed by atoms with E-state index in [1.165, 1.54) is 5.56 Å². The predicted octanol–water partition coefficient (Wildman–Crippen LogP) is 5.85. The number of carbonyl (C=O) groups excluding carboxylic acids is 2. The molecule has 0 aromatic heterocycles. The highest BCUT2D eigenvalue weighted by atomic mass is 16.2. The molecule has 4 heteroatoms. The molecule has 1 heterocycles. The average Bonchev–Trinajstić information content (AvgIpc) is 2.92. The fourth-order valence-corrected chi connectivity index (χ4v) is 4.41. The SMILES string of the molecule is CCCCC1(CCCC)CC(=N)N(CCCCC(=O)Cc2cccc(C)c2)C1=O. The normalized spacial score (nSPS) is 15.9. The molecule has 0 saturated carbocycles. The van der Waals surface area contributed by atoms with Crippen molar-refractivity contribution in [1.82, 2.24) is 4.90 Å². The highest BCUT2D eigenvalue weighted by molar-refractivity contribution is 6.07. The van der Waals surface area contributed by atoms with E-state index in [0.717, 1.165) is 56.9 Å². The number of nitrogens with zero attached hydrogens (tertiary/aromatic N) is 1. The summed E-state index contributed by atoms with van der Waals surface area (Å²) >= 11 is 0. The van der Waals surface area contributed by atoms with Gasteiger partial charge in [0.25, 0.3) is 0 Å². The molecule has 1 amide bonds. The van der Waals surface area contributed by atoms with Gasteiger partial charge >= 0.3 is 0 Å². The number of amidine groups is 1. The molecule has 1 aromatic carbocycles. The van der Waals surface area contributed by atoms with Crippen LogP contribution in [0.15, 0.2) is 24.3 Å². The fraction of sp³-hybridized carbons (Fsp3) is 0.640. The first-order valence-corrected chi connectivity index (χ1v) is 11.4. The molecule has 160 valence electrons. The van der Waals surface area contributed by atoms with E-state index in [1.54, 1.807) is 4.90 Å². The Labute approximate surface area is 176 Å². The third-order valence-electron chi connectivity index (χ3n) is 6.12. The summed E-state index contributed by atoms with van der Waals surface area (Å²) in [6, 6.07) is 8.10. The van der Waals surface area contributed by atoms with Gasteiger partial charge in [0.05, 0.1) is 5.41 Å². The maximum Gasteiger partial charge on any atom is 0.234 e. The first-order chi connectivity index (χ1) is 13.9. The molecule has 1 aliphatic heterocycles. The Balaban J connectivity index is 1.82. The van der Waals surface area contributed by atoms with E-state index in [0.29, 0.717) is 31.6 Å². The van der Waals surface area contributed by atoms with Crippen molar-refractivity contribution in [3.63, 3.8) is 0 Å². The molecule has 1 saturated heterocycles. The second-order valence-corrected chi connectivity index (χ2v) is 8.73. The number of hydrogen-bond donors (Lipinski definition) is 1. The molecule has 0 spiro atoms. The lowest BCUT2D eigenvalue weighted by atomic mass is 9.77. The maximum absolute atomic E-state index is 13.2. The van der Waals surface area contributed by atoms with Crippen LogP contribution >= 0.6 is 0 Å². The van der Waals surface area contributed by atoms with Crippen LogP contribution in [0.4, 0.5) is 0 Å². The Kier molecular flexibility index (Phi) is 9.06. The third-order valence-corrected chi connectivity index (χ3v) is 6.12. The van der Waals surface area contributed by atoms with Gasteiger partial charge in [-0.25, -0.2) is 0 Å². The molecule has 1 N–H and O–H groups in total. The van der Waals surface area contributed by atoms with E-state index in [9.17, 15) is 9.59 Å². The van der Waals surface area contributed by atoms with Crippen LogP contribution in [0, 0.1) is 17.7 Å². The maximum atomic E-state index is 13.2. The Morgan fingerprint density at radius 1 is 1.10 bits per heavy atom. The minimum atomic E-state index is -0.343. The first-order valence-electron chi connectivity index (χ1n) is 11.4. The first kappa shape index (κ1) is 23.3.